The summed E-state index contributed by atoms with van der Waals surface area (Å²) in [5.41, 5.74) is 4.66. The summed E-state index contributed by atoms with van der Waals surface area (Å²) in [4.78, 5) is 3.98. The largest absolute Gasteiger partial charge is 0.389 e. The van der Waals surface area contributed by atoms with E-state index in [0.717, 1.165) is 17.3 Å². The van der Waals surface area contributed by atoms with Gasteiger partial charge >= 0.3 is 0 Å². The van der Waals surface area contributed by atoms with Crippen molar-refractivity contribution in [3.05, 3.63) is 6.33 Å². The van der Waals surface area contributed by atoms with Crippen molar-refractivity contribution in [2.75, 3.05) is 12.3 Å². The smallest absolute Gasteiger partial charge is 0.183 e. The molecular formula is C8H16N4OS. The molecule has 1 aromatic rings. The second-order valence-electron chi connectivity index (χ2n) is 3.44. The Hall–Kier alpha value is -0.590. The molecule has 0 aliphatic rings. The first-order valence-corrected chi connectivity index (χ1v) is 5.53. The number of nitrogens with two attached hydrogens (primary N) is 1. The average molecular weight is 216 g/mol. The van der Waals surface area contributed by atoms with Gasteiger partial charge in [0.05, 0.1) is 5.60 Å². The van der Waals surface area contributed by atoms with Crippen molar-refractivity contribution in [3.63, 3.8) is 0 Å². The van der Waals surface area contributed by atoms with Crippen LogP contribution in [0.15, 0.2) is 11.5 Å². The molecule has 0 saturated carbocycles. The summed E-state index contributed by atoms with van der Waals surface area (Å²) in [7, 11) is 0. The maximum Gasteiger partial charge on any atom is 0.183 e. The van der Waals surface area contributed by atoms with E-state index in [1.54, 1.807) is 18.7 Å². The number of hydrogen-bond acceptors (Lipinski definition) is 5. The Kier molecular flexibility index (Phi) is 4.37. The molecule has 5 nitrogen and oxygen atoms in total. The number of aromatic nitrogens is 3. The van der Waals surface area contributed by atoms with E-state index in [2.05, 4.69) is 15.2 Å². The first-order chi connectivity index (χ1) is 6.64. The fourth-order valence-corrected chi connectivity index (χ4v) is 1.71. The van der Waals surface area contributed by atoms with Crippen LogP contribution in [0, 0.1) is 0 Å². The second-order valence-corrected chi connectivity index (χ2v) is 4.53. The van der Waals surface area contributed by atoms with Crippen molar-refractivity contribution >= 4 is 11.8 Å². The summed E-state index contributed by atoms with van der Waals surface area (Å²) in [6.07, 6.45) is 3.11. The Bertz CT molecular complexity index is 250. The summed E-state index contributed by atoms with van der Waals surface area (Å²) in [5, 5.41) is 16.9. The van der Waals surface area contributed by atoms with Gasteiger partial charge in [0, 0.05) is 12.3 Å². The molecule has 1 atom stereocenters. The van der Waals surface area contributed by atoms with Gasteiger partial charge in [-0.25, -0.2) is 4.98 Å². The Labute approximate surface area is 87.5 Å². The van der Waals surface area contributed by atoms with Gasteiger partial charge in [-0.3, -0.25) is 5.10 Å². The Morgan fingerprint density at radius 2 is 2.50 bits per heavy atom. The van der Waals surface area contributed by atoms with E-state index in [9.17, 15) is 5.11 Å². The standard InChI is InChI=1S/C8H16N4OS/c1-8(13,5-9)3-2-4-14-7-10-6-11-12-7/h6,13H,2-5,9H2,1H3,(H,10,11,12). The van der Waals surface area contributed by atoms with Crippen LogP contribution in [0.25, 0.3) is 0 Å². The van der Waals surface area contributed by atoms with E-state index in [4.69, 9.17) is 5.73 Å². The summed E-state index contributed by atoms with van der Waals surface area (Å²) in [5.74, 6) is 0.908. The molecule has 0 aromatic carbocycles. The van der Waals surface area contributed by atoms with Crippen molar-refractivity contribution in [2.24, 2.45) is 5.73 Å². The van der Waals surface area contributed by atoms with Crippen LogP contribution >= 0.6 is 11.8 Å². The van der Waals surface area contributed by atoms with E-state index >= 15 is 0 Å². The molecule has 1 aromatic heterocycles. The fraction of sp³-hybridized carbons (Fsp3) is 0.750. The number of hydrogen-bond donors (Lipinski definition) is 3. The number of nitrogens with zero attached hydrogens (tertiary/aromatic N) is 2. The number of aromatic amines is 1. The fourth-order valence-electron chi connectivity index (χ4n) is 0.988. The van der Waals surface area contributed by atoms with Gasteiger partial charge < -0.3 is 10.8 Å². The van der Waals surface area contributed by atoms with E-state index in [0.29, 0.717) is 13.0 Å². The number of rotatable bonds is 6. The van der Waals surface area contributed by atoms with Crippen LogP contribution in [0.3, 0.4) is 0 Å². The monoisotopic (exact) mass is 216 g/mol. The number of aliphatic hydroxyl groups is 1. The highest BCUT2D eigenvalue weighted by Gasteiger charge is 2.16. The Balaban J connectivity index is 2.11. The highest BCUT2D eigenvalue weighted by atomic mass is 32.2. The minimum atomic E-state index is -0.734. The van der Waals surface area contributed by atoms with E-state index in [-0.39, 0.29) is 0 Å². The lowest BCUT2D eigenvalue weighted by atomic mass is 10.0. The average Bonchev–Trinajstić information content (AvgIpc) is 2.65. The highest BCUT2D eigenvalue weighted by Crippen LogP contribution is 2.16. The van der Waals surface area contributed by atoms with Crippen LogP contribution in [0.2, 0.25) is 0 Å². The molecule has 0 aliphatic carbocycles. The minimum absolute atomic E-state index is 0.306. The SMILES string of the molecule is CC(O)(CN)CCCSc1ncn[nH]1. The van der Waals surface area contributed by atoms with Crippen LogP contribution in [0.5, 0.6) is 0 Å². The number of thioether (sulfide) groups is 1. The molecule has 0 spiro atoms. The van der Waals surface area contributed by atoms with Crippen LogP contribution in [-0.4, -0.2) is 38.2 Å². The predicted octanol–water partition coefficient (Wildman–Crippen LogP) is 0.387. The molecule has 1 unspecified atom stereocenters. The number of nitrogens with one attached hydrogen (secondary N) is 1. The van der Waals surface area contributed by atoms with Gasteiger partial charge in [0.1, 0.15) is 6.33 Å². The topological polar surface area (TPSA) is 87.8 Å². The molecule has 1 rings (SSSR count). The van der Waals surface area contributed by atoms with Crippen LogP contribution in [0.4, 0.5) is 0 Å². The molecule has 0 radical (unpaired) electrons. The zero-order valence-electron chi connectivity index (χ0n) is 8.23. The van der Waals surface area contributed by atoms with Crippen molar-refractivity contribution in [1.82, 2.24) is 15.2 Å². The molecule has 1 heterocycles. The first-order valence-electron chi connectivity index (χ1n) is 4.55. The summed E-state index contributed by atoms with van der Waals surface area (Å²) < 4.78 is 0. The van der Waals surface area contributed by atoms with Gasteiger partial charge in [0.15, 0.2) is 5.16 Å². The second kappa shape index (κ2) is 5.33. The van der Waals surface area contributed by atoms with Crippen molar-refractivity contribution in [3.8, 4) is 0 Å². The lowest BCUT2D eigenvalue weighted by Crippen LogP contribution is -2.34. The van der Waals surface area contributed by atoms with E-state index < -0.39 is 5.60 Å². The van der Waals surface area contributed by atoms with Gasteiger partial charge in [-0.1, -0.05) is 11.8 Å². The zero-order valence-corrected chi connectivity index (χ0v) is 9.05. The van der Waals surface area contributed by atoms with E-state index in [1.165, 1.54) is 6.33 Å². The van der Waals surface area contributed by atoms with Crippen LogP contribution < -0.4 is 5.73 Å². The molecule has 80 valence electrons. The van der Waals surface area contributed by atoms with Gasteiger partial charge in [0.25, 0.3) is 0 Å². The molecule has 4 N–H and O–H groups in total. The van der Waals surface area contributed by atoms with E-state index in [1.807, 2.05) is 0 Å². The summed E-state index contributed by atoms with van der Waals surface area (Å²) in [6, 6.07) is 0. The number of H-pyrrole nitrogens is 1. The van der Waals surface area contributed by atoms with Gasteiger partial charge in [-0.15, -0.1) is 0 Å². The summed E-state index contributed by atoms with van der Waals surface area (Å²) >= 11 is 1.60. The first kappa shape index (κ1) is 11.5. The van der Waals surface area contributed by atoms with Gasteiger partial charge in [-0.2, -0.15) is 5.10 Å². The highest BCUT2D eigenvalue weighted by molar-refractivity contribution is 7.99. The molecule has 0 fully saturated rings. The quantitative estimate of drug-likeness (QED) is 0.473. The third-order valence-corrected chi connectivity index (χ3v) is 2.89. The summed E-state index contributed by atoms with van der Waals surface area (Å²) in [6.45, 7) is 2.06. The van der Waals surface area contributed by atoms with Crippen molar-refractivity contribution < 1.29 is 5.11 Å². The van der Waals surface area contributed by atoms with Gasteiger partial charge in [-0.05, 0) is 19.8 Å². The Morgan fingerprint density at radius 1 is 1.71 bits per heavy atom. The predicted molar refractivity (Wildman–Crippen MR) is 56.0 cm³/mol. The molecule has 0 aliphatic heterocycles. The molecule has 0 bridgehead atoms. The molecular weight excluding hydrogens is 200 g/mol. The molecule has 6 heteroatoms. The molecule has 0 saturated heterocycles. The lowest BCUT2D eigenvalue weighted by Gasteiger charge is -2.20. The van der Waals surface area contributed by atoms with Crippen LogP contribution in [-0.2, 0) is 0 Å². The van der Waals surface area contributed by atoms with Gasteiger partial charge in [0.2, 0.25) is 0 Å². The zero-order chi connectivity index (χ0) is 10.4. The third-order valence-electron chi connectivity index (χ3n) is 1.93. The van der Waals surface area contributed by atoms with Crippen LogP contribution in [0.1, 0.15) is 19.8 Å². The maximum atomic E-state index is 9.61. The van der Waals surface area contributed by atoms with Crippen molar-refractivity contribution in [1.29, 1.82) is 0 Å². The molecule has 0 amide bonds. The van der Waals surface area contributed by atoms with Crippen molar-refractivity contribution in [2.45, 2.75) is 30.5 Å². The minimum Gasteiger partial charge on any atom is -0.389 e. The third kappa shape index (κ3) is 4.08. The lowest BCUT2D eigenvalue weighted by molar-refractivity contribution is 0.0596. The maximum absolute atomic E-state index is 9.61. The normalized spacial score (nSPS) is 15.4. The molecule has 14 heavy (non-hydrogen) atoms. The Morgan fingerprint density at radius 3 is 3.07 bits per heavy atom.